The predicted octanol–water partition coefficient (Wildman–Crippen LogP) is 4.30. The van der Waals surface area contributed by atoms with Gasteiger partial charge in [0.25, 0.3) is 0 Å². The van der Waals surface area contributed by atoms with Crippen molar-refractivity contribution in [3.63, 3.8) is 0 Å². The second-order valence-corrected chi connectivity index (χ2v) is 6.16. The van der Waals surface area contributed by atoms with Crippen molar-refractivity contribution in [3.05, 3.63) is 59.7 Å². The number of rotatable bonds is 1. The van der Waals surface area contributed by atoms with Gasteiger partial charge in [0.2, 0.25) is 0 Å². The second kappa shape index (κ2) is 4.86. The molecule has 0 saturated carbocycles. The Kier molecular flexibility index (Phi) is 3.17. The Labute approximate surface area is 120 Å². The Morgan fingerprint density at radius 1 is 1.05 bits per heavy atom. The van der Waals surface area contributed by atoms with Crippen LogP contribution in [-0.2, 0) is 5.41 Å². The highest BCUT2D eigenvalue weighted by Crippen LogP contribution is 2.36. The highest BCUT2D eigenvalue weighted by Gasteiger charge is 2.22. The topological polar surface area (TPSA) is 18.5 Å². The lowest BCUT2D eigenvalue weighted by Gasteiger charge is -2.27. The number of hydrogen-bond acceptors (Lipinski definition) is 2. The lowest BCUT2D eigenvalue weighted by atomic mass is 9.86. The molecule has 1 heterocycles. The maximum Gasteiger partial charge on any atom is 0.162 e. The molecule has 0 aliphatic carbocycles. The molecule has 0 amide bonds. The van der Waals surface area contributed by atoms with E-state index in [2.05, 4.69) is 51.1 Å². The maximum atomic E-state index is 6.00. The monoisotopic (exact) mass is 267 g/mol. The number of ether oxygens (including phenoxy) is 2. The molecule has 1 radical (unpaired) electrons. The first-order chi connectivity index (χ1) is 9.54. The van der Waals surface area contributed by atoms with E-state index in [1.807, 2.05) is 18.2 Å². The van der Waals surface area contributed by atoms with Gasteiger partial charge in [0.15, 0.2) is 17.6 Å². The molecule has 0 bridgehead atoms. The summed E-state index contributed by atoms with van der Waals surface area (Å²) in [6, 6.07) is 17.2. The summed E-state index contributed by atoms with van der Waals surface area (Å²) in [5.41, 5.74) is 2.65. The summed E-state index contributed by atoms with van der Waals surface area (Å²) < 4.78 is 11.7. The summed E-state index contributed by atoms with van der Waals surface area (Å²) >= 11 is 0. The van der Waals surface area contributed by atoms with E-state index in [9.17, 15) is 0 Å². The van der Waals surface area contributed by atoms with Gasteiger partial charge in [-0.1, -0.05) is 51.1 Å². The summed E-state index contributed by atoms with van der Waals surface area (Å²) in [6.45, 7) is 7.19. The third-order valence-corrected chi connectivity index (χ3v) is 3.60. The van der Waals surface area contributed by atoms with E-state index in [-0.39, 0.29) is 11.5 Å². The van der Waals surface area contributed by atoms with Gasteiger partial charge in [-0.3, -0.25) is 0 Å². The van der Waals surface area contributed by atoms with Crippen molar-refractivity contribution >= 4 is 0 Å². The molecular formula is C18H19O2. The lowest BCUT2D eigenvalue weighted by molar-refractivity contribution is 0.0912. The van der Waals surface area contributed by atoms with Gasteiger partial charge in [0.05, 0.1) is 0 Å². The summed E-state index contributed by atoms with van der Waals surface area (Å²) in [5.74, 6) is 1.56. The highest BCUT2D eigenvalue weighted by atomic mass is 16.6. The van der Waals surface area contributed by atoms with Crippen molar-refractivity contribution in [3.8, 4) is 11.5 Å². The quantitative estimate of drug-likeness (QED) is 0.767. The molecule has 1 atom stereocenters. The van der Waals surface area contributed by atoms with E-state index in [1.54, 1.807) is 0 Å². The minimum absolute atomic E-state index is 0.0427. The molecule has 0 spiro atoms. The van der Waals surface area contributed by atoms with E-state index in [1.165, 1.54) is 5.56 Å². The van der Waals surface area contributed by atoms with Gasteiger partial charge in [0, 0.05) is 0 Å². The largest absolute Gasteiger partial charge is 0.485 e. The van der Waals surface area contributed by atoms with E-state index in [0.717, 1.165) is 17.1 Å². The lowest BCUT2D eigenvalue weighted by Crippen LogP contribution is -2.21. The minimum atomic E-state index is -0.0427. The fourth-order valence-corrected chi connectivity index (χ4v) is 2.33. The molecule has 2 aromatic rings. The molecule has 2 aromatic carbocycles. The van der Waals surface area contributed by atoms with Gasteiger partial charge in [0.1, 0.15) is 6.61 Å². The third-order valence-electron chi connectivity index (χ3n) is 3.60. The first kappa shape index (κ1) is 13.0. The summed E-state index contributed by atoms with van der Waals surface area (Å²) in [7, 11) is 0. The fraction of sp³-hybridized carbons (Fsp3) is 0.333. The van der Waals surface area contributed by atoms with Crippen molar-refractivity contribution in [1.29, 1.82) is 0 Å². The Morgan fingerprint density at radius 3 is 2.50 bits per heavy atom. The van der Waals surface area contributed by atoms with Crippen molar-refractivity contribution < 1.29 is 9.47 Å². The molecule has 2 heteroatoms. The van der Waals surface area contributed by atoms with Crippen molar-refractivity contribution in [1.82, 2.24) is 0 Å². The van der Waals surface area contributed by atoms with Crippen LogP contribution in [0.2, 0.25) is 0 Å². The van der Waals surface area contributed by atoms with Crippen LogP contribution in [0.3, 0.4) is 0 Å². The first-order valence-electron chi connectivity index (χ1n) is 6.94. The standard InChI is InChI=1S/C18H19O2/c1-18(2,3)14-10-8-13(9-11-14)17-12-19-15-6-4-5-7-16(15)20-17/h5-11,17H,12H2,1-3H3. The molecule has 1 aliphatic rings. The normalized spacial score (nSPS) is 17.9. The maximum absolute atomic E-state index is 6.00. The molecule has 103 valence electrons. The highest BCUT2D eigenvalue weighted by molar-refractivity contribution is 5.41. The van der Waals surface area contributed by atoms with Crippen LogP contribution in [0.4, 0.5) is 0 Å². The predicted molar refractivity (Wildman–Crippen MR) is 79.3 cm³/mol. The van der Waals surface area contributed by atoms with E-state index in [4.69, 9.17) is 9.47 Å². The van der Waals surface area contributed by atoms with Crippen LogP contribution in [0.1, 0.15) is 38.0 Å². The van der Waals surface area contributed by atoms with Crippen LogP contribution < -0.4 is 9.47 Å². The summed E-state index contributed by atoms with van der Waals surface area (Å²) in [4.78, 5) is 0. The fourth-order valence-electron chi connectivity index (χ4n) is 2.33. The van der Waals surface area contributed by atoms with Crippen LogP contribution in [0.5, 0.6) is 11.5 Å². The molecule has 20 heavy (non-hydrogen) atoms. The van der Waals surface area contributed by atoms with Gasteiger partial charge >= 0.3 is 0 Å². The van der Waals surface area contributed by atoms with Gasteiger partial charge < -0.3 is 9.47 Å². The van der Waals surface area contributed by atoms with E-state index < -0.39 is 0 Å². The minimum Gasteiger partial charge on any atom is -0.485 e. The third kappa shape index (κ3) is 2.51. The van der Waals surface area contributed by atoms with Gasteiger partial charge in [-0.15, -0.1) is 0 Å². The zero-order valence-corrected chi connectivity index (χ0v) is 12.1. The molecule has 3 rings (SSSR count). The van der Waals surface area contributed by atoms with Crippen LogP contribution in [0, 0.1) is 6.07 Å². The Morgan fingerprint density at radius 2 is 1.80 bits per heavy atom. The van der Waals surface area contributed by atoms with E-state index >= 15 is 0 Å². The molecule has 0 saturated heterocycles. The average Bonchev–Trinajstić information content (AvgIpc) is 2.46. The SMILES string of the molecule is CC(C)(C)c1ccc(C2COc3c[c]ccc3O2)cc1. The Balaban J connectivity index is 1.81. The van der Waals surface area contributed by atoms with Gasteiger partial charge in [-0.2, -0.15) is 0 Å². The van der Waals surface area contributed by atoms with Gasteiger partial charge in [-0.25, -0.2) is 0 Å². The van der Waals surface area contributed by atoms with Gasteiger partial charge in [-0.05, 0) is 34.7 Å². The molecule has 0 N–H and O–H groups in total. The van der Waals surface area contributed by atoms with Crippen LogP contribution >= 0.6 is 0 Å². The number of fused-ring (bicyclic) bond motifs is 1. The Bertz CT molecular complexity index is 594. The summed E-state index contributed by atoms with van der Waals surface area (Å²) in [6.07, 6.45) is -0.0427. The van der Waals surface area contributed by atoms with Crippen molar-refractivity contribution in [2.45, 2.75) is 32.3 Å². The van der Waals surface area contributed by atoms with Crippen LogP contribution in [0.15, 0.2) is 42.5 Å². The zero-order chi connectivity index (χ0) is 14.2. The molecular weight excluding hydrogens is 248 g/mol. The van der Waals surface area contributed by atoms with Crippen LogP contribution in [-0.4, -0.2) is 6.61 Å². The van der Waals surface area contributed by atoms with Crippen LogP contribution in [0.25, 0.3) is 0 Å². The number of hydrogen-bond donors (Lipinski definition) is 0. The second-order valence-electron chi connectivity index (χ2n) is 6.16. The Hall–Kier alpha value is -1.96. The smallest absolute Gasteiger partial charge is 0.162 e. The van der Waals surface area contributed by atoms with Crippen molar-refractivity contribution in [2.24, 2.45) is 0 Å². The number of benzene rings is 2. The molecule has 1 unspecified atom stereocenters. The molecule has 1 aliphatic heterocycles. The first-order valence-corrected chi connectivity index (χ1v) is 6.94. The van der Waals surface area contributed by atoms with E-state index in [0.29, 0.717) is 6.61 Å². The zero-order valence-electron chi connectivity index (χ0n) is 12.1. The molecule has 0 aromatic heterocycles. The molecule has 0 fully saturated rings. The van der Waals surface area contributed by atoms with Crippen molar-refractivity contribution in [2.75, 3.05) is 6.61 Å². The molecule has 2 nitrogen and oxygen atoms in total. The summed E-state index contributed by atoms with van der Waals surface area (Å²) in [5, 5.41) is 0. The average molecular weight is 267 g/mol.